The van der Waals surface area contributed by atoms with Crippen molar-refractivity contribution in [3.63, 3.8) is 0 Å². The molecule has 0 aliphatic carbocycles. The summed E-state index contributed by atoms with van der Waals surface area (Å²) in [5, 5.41) is 0. The molecule has 1 aromatic rings. The van der Waals surface area contributed by atoms with Gasteiger partial charge in [-0.1, -0.05) is 31.9 Å². The molecule has 0 atom stereocenters. The van der Waals surface area contributed by atoms with Crippen LogP contribution in [0.4, 0.5) is 0 Å². The zero-order chi connectivity index (χ0) is 16.2. The minimum absolute atomic E-state index is 0.169. The monoisotopic (exact) mass is 308 g/mol. The van der Waals surface area contributed by atoms with E-state index in [1.807, 2.05) is 0 Å². The molecule has 0 heterocycles. The lowest BCUT2D eigenvalue weighted by Gasteiger charge is -2.08. The normalized spacial score (nSPS) is 10.1. The van der Waals surface area contributed by atoms with Crippen molar-refractivity contribution in [2.24, 2.45) is 0 Å². The van der Waals surface area contributed by atoms with Gasteiger partial charge in [-0.15, -0.1) is 0 Å². The highest BCUT2D eigenvalue weighted by molar-refractivity contribution is 5.74. The van der Waals surface area contributed by atoms with Gasteiger partial charge in [0, 0.05) is 12.8 Å². The summed E-state index contributed by atoms with van der Waals surface area (Å²) in [4.78, 5) is 23.2. The molecule has 0 aliphatic heterocycles. The Hall–Kier alpha value is -2.04. The van der Waals surface area contributed by atoms with E-state index in [0.717, 1.165) is 19.3 Å². The maximum atomic E-state index is 11.7. The Kier molecular flexibility index (Phi) is 8.72. The second-order valence-corrected chi connectivity index (χ2v) is 4.91. The van der Waals surface area contributed by atoms with Crippen molar-refractivity contribution in [2.45, 2.75) is 45.4 Å². The maximum Gasteiger partial charge on any atom is 0.311 e. The van der Waals surface area contributed by atoms with Gasteiger partial charge in [-0.3, -0.25) is 9.59 Å². The molecule has 122 valence electrons. The molecule has 0 aliphatic rings. The SMILES string of the molecule is CCCCCOC(=O)CCCC(=O)Oc1ccccc1OC. The number of benzene rings is 1. The molecule has 1 aromatic carbocycles. The molecule has 0 saturated carbocycles. The van der Waals surface area contributed by atoms with Crippen LogP contribution >= 0.6 is 0 Å². The number of unbranched alkanes of at least 4 members (excludes halogenated alkanes) is 2. The molecule has 0 radical (unpaired) electrons. The predicted octanol–water partition coefficient (Wildman–Crippen LogP) is 3.50. The van der Waals surface area contributed by atoms with Crippen LogP contribution in [0.1, 0.15) is 45.4 Å². The summed E-state index contributed by atoms with van der Waals surface area (Å²) in [6.45, 7) is 2.55. The van der Waals surface area contributed by atoms with E-state index >= 15 is 0 Å². The van der Waals surface area contributed by atoms with Crippen molar-refractivity contribution in [1.29, 1.82) is 0 Å². The fourth-order valence-electron chi connectivity index (χ4n) is 1.86. The molecule has 0 bridgehead atoms. The molecule has 0 aromatic heterocycles. The molecule has 1 rings (SSSR count). The third-order valence-electron chi connectivity index (χ3n) is 3.07. The van der Waals surface area contributed by atoms with Crippen LogP contribution in [0.25, 0.3) is 0 Å². The Balaban J connectivity index is 2.22. The van der Waals surface area contributed by atoms with Gasteiger partial charge < -0.3 is 14.2 Å². The van der Waals surface area contributed by atoms with Crippen molar-refractivity contribution < 1.29 is 23.8 Å². The third-order valence-corrected chi connectivity index (χ3v) is 3.07. The lowest BCUT2D eigenvalue weighted by molar-refractivity contribution is -0.144. The fraction of sp³-hybridized carbons (Fsp3) is 0.529. The largest absolute Gasteiger partial charge is 0.493 e. The van der Waals surface area contributed by atoms with Gasteiger partial charge in [0.2, 0.25) is 0 Å². The number of carbonyl (C=O) groups excluding carboxylic acids is 2. The summed E-state index contributed by atoms with van der Waals surface area (Å²) < 4.78 is 15.4. The summed E-state index contributed by atoms with van der Waals surface area (Å²) in [6, 6.07) is 6.94. The Morgan fingerprint density at radius 1 is 0.955 bits per heavy atom. The number of methoxy groups -OCH3 is 1. The number of esters is 2. The molecule has 0 N–H and O–H groups in total. The van der Waals surface area contributed by atoms with Crippen LogP contribution in [0, 0.1) is 0 Å². The molecular formula is C17H24O5. The number of ether oxygens (including phenoxy) is 3. The number of hydrogen-bond donors (Lipinski definition) is 0. The lowest BCUT2D eigenvalue weighted by atomic mass is 10.2. The van der Waals surface area contributed by atoms with Crippen molar-refractivity contribution in [3.05, 3.63) is 24.3 Å². The minimum Gasteiger partial charge on any atom is -0.493 e. The van der Waals surface area contributed by atoms with Crippen LogP contribution in [-0.2, 0) is 14.3 Å². The number of rotatable bonds is 10. The van der Waals surface area contributed by atoms with Gasteiger partial charge in [0.15, 0.2) is 11.5 Å². The van der Waals surface area contributed by atoms with Crippen LogP contribution < -0.4 is 9.47 Å². The van der Waals surface area contributed by atoms with Gasteiger partial charge in [-0.25, -0.2) is 0 Å². The lowest BCUT2D eigenvalue weighted by Crippen LogP contribution is -2.11. The highest BCUT2D eigenvalue weighted by atomic mass is 16.6. The van der Waals surface area contributed by atoms with Crippen LogP contribution in [0.2, 0.25) is 0 Å². The van der Waals surface area contributed by atoms with Crippen LogP contribution in [0.3, 0.4) is 0 Å². The van der Waals surface area contributed by atoms with E-state index in [-0.39, 0.29) is 24.8 Å². The summed E-state index contributed by atoms with van der Waals surface area (Å²) in [7, 11) is 1.52. The Morgan fingerprint density at radius 2 is 1.64 bits per heavy atom. The second kappa shape index (κ2) is 10.7. The van der Waals surface area contributed by atoms with E-state index in [2.05, 4.69) is 6.92 Å². The zero-order valence-electron chi connectivity index (χ0n) is 13.3. The molecule has 5 heteroatoms. The smallest absolute Gasteiger partial charge is 0.311 e. The maximum absolute atomic E-state index is 11.7. The zero-order valence-corrected chi connectivity index (χ0v) is 13.3. The summed E-state index contributed by atoms with van der Waals surface area (Å²) in [6.07, 6.45) is 3.85. The molecule has 0 unspecified atom stereocenters. The number of para-hydroxylation sites is 2. The van der Waals surface area contributed by atoms with Gasteiger partial charge >= 0.3 is 11.9 Å². The van der Waals surface area contributed by atoms with Crippen molar-refractivity contribution in [3.8, 4) is 11.5 Å². The summed E-state index contributed by atoms with van der Waals surface area (Å²) in [5.41, 5.74) is 0. The highest BCUT2D eigenvalue weighted by Crippen LogP contribution is 2.26. The topological polar surface area (TPSA) is 61.8 Å². The van der Waals surface area contributed by atoms with Crippen molar-refractivity contribution in [2.75, 3.05) is 13.7 Å². The van der Waals surface area contributed by atoms with E-state index in [4.69, 9.17) is 14.2 Å². The summed E-state index contributed by atoms with van der Waals surface area (Å²) >= 11 is 0. The van der Waals surface area contributed by atoms with Gasteiger partial charge in [0.25, 0.3) is 0 Å². The Morgan fingerprint density at radius 3 is 2.32 bits per heavy atom. The fourth-order valence-corrected chi connectivity index (χ4v) is 1.86. The van der Waals surface area contributed by atoms with Crippen LogP contribution in [0.5, 0.6) is 11.5 Å². The molecule has 0 saturated heterocycles. The highest BCUT2D eigenvalue weighted by Gasteiger charge is 2.10. The number of hydrogen-bond acceptors (Lipinski definition) is 5. The van der Waals surface area contributed by atoms with Gasteiger partial charge in [0.1, 0.15) is 0 Å². The van der Waals surface area contributed by atoms with Gasteiger partial charge in [0.05, 0.1) is 13.7 Å². The molecule has 0 spiro atoms. The van der Waals surface area contributed by atoms with Crippen LogP contribution in [0.15, 0.2) is 24.3 Å². The minimum atomic E-state index is -0.386. The van der Waals surface area contributed by atoms with E-state index in [0.29, 0.717) is 24.5 Å². The quantitative estimate of drug-likeness (QED) is 0.376. The molecule has 22 heavy (non-hydrogen) atoms. The molecular weight excluding hydrogens is 284 g/mol. The predicted molar refractivity (Wildman–Crippen MR) is 83.0 cm³/mol. The summed E-state index contributed by atoms with van der Waals surface area (Å²) in [5.74, 6) is 0.243. The molecule has 0 amide bonds. The second-order valence-electron chi connectivity index (χ2n) is 4.91. The first-order chi connectivity index (χ1) is 10.7. The first-order valence-corrected chi connectivity index (χ1v) is 7.66. The molecule has 5 nitrogen and oxygen atoms in total. The Labute approximate surface area is 131 Å². The first-order valence-electron chi connectivity index (χ1n) is 7.66. The van der Waals surface area contributed by atoms with E-state index in [1.54, 1.807) is 24.3 Å². The van der Waals surface area contributed by atoms with Crippen LogP contribution in [-0.4, -0.2) is 25.7 Å². The number of carbonyl (C=O) groups is 2. The van der Waals surface area contributed by atoms with Gasteiger partial charge in [-0.2, -0.15) is 0 Å². The van der Waals surface area contributed by atoms with Crippen molar-refractivity contribution in [1.82, 2.24) is 0 Å². The van der Waals surface area contributed by atoms with E-state index in [9.17, 15) is 9.59 Å². The Bertz CT molecular complexity index is 470. The van der Waals surface area contributed by atoms with Gasteiger partial charge in [-0.05, 0) is 25.0 Å². The van der Waals surface area contributed by atoms with E-state index in [1.165, 1.54) is 7.11 Å². The average molecular weight is 308 g/mol. The van der Waals surface area contributed by atoms with E-state index < -0.39 is 0 Å². The first kappa shape index (κ1) is 18.0. The third kappa shape index (κ3) is 7.11. The molecule has 0 fully saturated rings. The standard InChI is InChI=1S/C17H24O5/c1-3-4-7-13-21-16(18)11-8-12-17(19)22-15-10-6-5-9-14(15)20-2/h5-6,9-10H,3-4,7-8,11-13H2,1-2H3. The van der Waals surface area contributed by atoms with Crippen molar-refractivity contribution >= 4 is 11.9 Å². The average Bonchev–Trinajstić information content (AvgIpc) is 2.52.